The summed E-state index contributed by atoms with van der Waals surface area (Å²) < 4.78 is 5.27. The number of benzene rings is 1. The second-order valence-corrected chi connectivity index (χ2v) is 5.57. The largest absolute Gasteiger partial charge is 0.497 e. The Hall–Kier alpha value is -1.10. The predicted molar refractivity (Wildman–Crippen MR) is 76.4 cm³/mol. The first-order chi connectivity index (χ1) is 9.06. The molecule has 0 aromatic heterocycles. The van der Waals surface area contributed by atoms with Gasteiger partial charge >= 0.3 is 0 Å². The minimum atomic E-state index is -0.774. The molecule has 2 atom stereocenters. The summed E-state index contributed by atoms with van der Waals surface area (Å²) in [7, 11) is 5.74. The topological polar surface area (TPSA) is 44.7 Å². The van der Waals surface area contributed by atoms with Crippen molar-refractivity contribution in [1.82, 2.24) is 10.2 Å². The second-order valence-electron chi connectivity index (χ2n) is 5.57. The SMILES string of the molecule is COc1cccc(C2(O)CCNCC2CN(C)C)c1. The highest BCUT2D eigenvalue weighted by molar-refractivity contribution is 5.33. The summed E-state index contributed by atoms with van der Waals surface area (Å²) in [4.78, 5) is 2.13. The van der Waals surface area contributed by atoms with Gasteiger partial charge in [0.25, 0.3) is 0 Å². The Balaban J connectivity index is 2.30. The molecular weight excluding hydrogens is 240 g/mol. The maximum atomic E-state index is 11.1. The van der Waals surface area contributed by atoms with E-state index in [2.05, 4.69) is 10.2 Å². The highest BCUT2D eigenvalue weighted by Gasteiger charge is 2.40. The number of nitrogens with zero attached hydrogens (tertiary/aromatic N) is 1. The Bertz CT molecular complexity index is 422. The van der Waals surface area contributed by atoms with Crippen LogP contribution in [0.15, 0.2) is 24.3 Å². The van der Waals surface area contributed by atoms with E-state index >= 15 is 0 Å². The molecule has 0 aliphatic carbocycles. The molecule has 0 bridgehead atoms. The molecule has 2 rings (SSSR count). The third-order valence-corrected chi connectivity index (χ3v) is 3.90. The fraction of sp³-hybridized carbons (Fsp3) is 0.600. The van der Waals surface area contributed by atoms with E-state index in [1.54, 1.807) is 7.11 Å². The Morgan fingerprint density at radius 3 is 2.95 bits per heavy atom. The number of aliphatic hydroxyl groups is 1. The molecule has 1 aromatic carbocycles. The van der Waals surface area contributed by atoms with Crippen molar-refractivity contribution in [3.63, 3.8) is 0 Å². The van der Waals surface area contributed by atoms with Crippen LogP contribution >= 0.6 is 0 Å². The lowest BCUT2D eigenvalue weighted by Crippen LogP contribution is -2.51. The number of nitrogens with one attached hydrogen (secondary N) is 1. The molecule has 1 saturated heterocycles. The van der Waals surface area contributed by atoms with E-state index in [1.807, 2.05) is 38.4 Å². The molecule has 1 fully saturated rings. The van der Waals surface area contributed by atoms with E-state index in [0.717, 1.165) is 37.4 Å². The molecule has 1 heterocycles. The summed E-state index contributed by atoms with van der Waals surface area (Å²) >= 11 is 0. The molecule has 0 saturated carbocycles. The number of hydrogen-bond donors (Lipinski definition) is 2. The first kappa shape index (κ1) is 14.3. The van der Waals surface area contributed by atoms with Gasteiger partial charge in [0.1, 0.15) is 5.75 Å². The van der Waals surface area contributed by atoms with Crippen LogP contribution in [0.5, 0.6) is 5.75 Å². The third kappa shape index (κ3) is 3.08. The molecule has 1 aromatic rings. The average Bonchev–Trinajstić information content (AvgIpc) is 2.41. The maximum Gasteiger partial charge on any atom is 0.119 e. The molecular formula is C15H24N2O2. The van der Waals surface area contributed by atoms with Gasteiger partial charge in [0.15, 0.2) is 0 Å². The molecule has 1 aliphatic heterocycles. The van der Waals surface area contributed by atoms with Crippen LogP contribution in [0.2, 0.25) is 0 Å². The number of hydrogen-bond acceptors (Lipinski definition) is 4. The highest BCUT2D eigenvalue weighted by atomic mass is 16.5. The molecule has 106 valence electrons. The minimum Gasteiger partial charge on any atom is -0.497 e. The van der Waals surface area contributed by atoms with Crippen molar-refractivity contribution in [1.29, 1.82) is 0 Å². The van der Waals surface area contributed by atoms with Crippen molar-refractivity contribution in [2.24, 2.45) is 5.92 Å². The van der Waals surface area contributed by atoms with Crippen LogP contribution in [0.25, 0.3) is 0 Å². The molecule has 19 heavy (non-hydrogen) atoms. The van der Waals surface area contributed by atoms with Crippen LogP contribution in [0.4, 0.5) is 0 Å². The number of piperidine rings is 1. The van der Waals surface area contributed by atoms with Crippen molar-refractivity contribution in [3.8, 4) is 5.75 Å². The van der Waals surface area contributed by atoms with Crippen molar-refractivity contribution in [3.05, 3.63) is 29.8 Å². The normalized spacial score (nSPS) is 27.5. The van der Waals surface area contributed by atoms with Crippen molar-refractivity contribution in [2.75, 3.05) is 40.8 Å². The smallest absolute Gasteiger partial charge is 0.119 e. The van der Waals surface area contributed by atoms with Crippen LogP contribution in [0.1, 0.15) is 12.0 Å². The van der Waals surface area contributed by atoms with Gasteiger partial charge in [0.05, 0.1) is 12.7 Å². The molecule has 4 heteroatoms. The first-order valence-electron chi connectivity index (χ1n) is 6.78. The van der Waals surface area contributed by atoms with Gasteiger partial charge in [-0.05, 0) is 44.8 Å². The van der Waals surface area contributed by atoms with Crippen LogP contribution < -0.4 is 10.1 Å². The van der Waals surface area contributed by atoms with Crippen molar-refractivity contribution >= 4 is 0 Å². The number of ether oxygens (including phenoxy) is 1. The van der Waals surface area contributed by atoms with Crippen LogP contribution in [-0.4, -0.2) is 50.8 Å². The van der Waals surface area contributed by atoms with Gasteiger partial charge in [-0.25, -0.2) is 0 Å². The zero-order valence-corrected chi connectivity index (χ0v) is 12.0. The summed E-state index contributed by atoms with van der Waals surface area (Å²) in [5, 5.41) is 14.5. The lowest BCUT2D eigenvalue weighted by atomic mass is 9.76. The summed E-state index contributed by atoms with van der Waals surface area (Å²) in [5.74, 6) is 0.983. The summed E-state index contributed by atoms with van der Waals surface area (Å²) in [6, 6.07) is 7.81. The van der Waals surface area contributed by atoms with Gasteiger partial charge in [-0.1, -0.05) is 12.1 Å². The van der Waals surface area contributed by atoms with E-state index in [4.69, 9.17) is 4.74 Å². The zero-order valence-electron chi connectivity index (χ0n) is 12.0. The molecule has 2 N–H and O–H groups in total. The number of rotatable bonds is 4. The average molecular weight is 264 g/mol. The summed E-state index contributed by atoms with van der Waals surface area (Å²) in [5.41, 5.74) is 0.185. The van der Waals surface area contributed by atoms with E-state index in [0.29, 0.717) is 0 Å². The van der Waals surface area contributed by atoms with Crippen LogP contribution in [0, 0.1) is 5.92 Å². The minimum absolute atomic E-state index is 0.184. The fourth-order valence-electron chi connectivity index (χ4n) is 2.86. The first-order valence-corrected chi connectivity index (χ1v) is 6.78. The maximum absolute atomic E-state index is 11.1. The van der Waals surface area contributed by atoms with Crippen molar-refractivity contribution < 1.29 is 9.84 Å². The quantitative estimate of drug-likeness (QED) is 0.853. The second kappa shape index (κ2) is 5.90. The van der Waals surface area contributed by atoms with Crippen LogP contribution in [-0.2, 0) is 5.60 Å². The van der Waals surface area contributed by atoms with E-state index in [-0.39, 0.29) is 5.92 Å². The zero-order chi connectivity index (χ0) is 13.9. The number of methoxy groups -OCH3 is 1. The van der Waals surface area contributed by atoms with E-state index in [1.165, 1.54) is 0 Å². The monoisotopic (exact) mass is 264 g/mol. The van der Waals surface area contributed by atoms with Crippen LogP contribution in [0.3, 0.4) is 0 Å². The van der Waals surface area contributed by atoms with E-state index < -0.39 is 5.60 Å². The molecule has 4 nitrogen and oxygen atoms in total. The Labute approximate surface area is 115 Å². The Morgan fingerprint density at radius 2 is 2.26 bits per heavy atom. The molecule has 1 aliphatic rings. The van der Waals surface area contributed by atoms with Gasteiger partial charge in [-0.15, -0.1) is 0 Å². The molecule has 2 unspecified atom stereocenters. The lowest BCUT2D eigenvalue weighted by Gasteiger charge is -2.42. The van der Waals surface area contributed by atoms with Gasteiger partial charge < -0.3 is 20.1 Å². The predicted octanol–water partition coefficient (Wildman–Crippen LogP) is 1.05. The highest BCUT2D eigenvalue weighted by Crippen LogP contribution is 2.36. The van der Waals surface area contributed by atoms with Gasteiger partial charge in [-0.2, -0.15) is 0 Å². The van der Waals surface area contributed by atoms with Gasteiger partial charge in [-0.3, -0.25) is 0 Å². The lowest BCUT2D eigenvalue weighted by molar-refractivity contribution is -0.0541. The standard InChI is InChI=1S/C15H24N2O2/c1-17(2)11-13-10-16-8-7-15(13,18)12-5-4-6-14(9-12)19-3/h4-6,9,13,16,18H,7-8,10-11H2,1-3H3. The molecule has 0 radical (unpaired) electrons. The van der Waals surface area contributed by atoms with Crippen molar-refractivity contribution in [2.45, 2.75) is 12.0 Å². The summed E-state index contributed by atoms with van der Waals surface area (Å²) in [6.45, 7) is 2.55. The third-order valence-electron chi connectivity index (χ3n) is 3.90. The van der Waals surface area contributed by atoms with Gasteiger partial charge in [0, 0.05) is 19.0 Å². The summed E-state index contributed by atoms with van der Waals surface area (Å²) in [6.07, 6.45) is 0.735. The molecule has 0 spiro atoms. The van der Waals surface area contributed by atoms with E-state index in [9.17, 15) is 5.11 Å². The molecule has 0 amide bonds. The Morgan fingerprint density at radius 1 is 1.47 bits per heavy atom. The Kier molecular flexibility index (Phi) is 4.45. The van der Waals surface area contributed by atoms with Gasteiger partial charge in [0.2, 0.25) is 0 Å². The fourth-order valence-corrected chi connectivity index (χ4v) is 2.86.